The third-order valence-electron chi connectivity index (χ3n) is 1.92. The van der Waals surface area contributed by atoms with Gasteiger partial charge in [-0.1, -0.05) is 43.1 Å². The molecule has 0 bridgehead atoms. The van der Waals surface area contributed by atoms with Crippen molar-refractivity contribution in [2.24, 2.45) is 5.92 Å². The van der Waals surface area contributed by atoms with E-state index in [1.807, 2.05) is 13.8 Å². The van der Waals surface area contributed by atoms with Crippen molar-refractivity contribution in [3.63, 3.8) is 0 Å². The zero-order chi connectivity index (χ0) is 10.0. The first-order valence-corrected chi connectivity index (χ1v) is 4.91. The minimum absolute atomic E-state index is 0.178. The van der Waals surface area contributed by atoms with Gasteiger partial charge in [0.05, 0.1) is 16.1 Å². The fraction of sp³-hybridized carbons (Fsp3) is 0.400. The SMILES string of the molecule is CC(C)C(O)c1ccc(Cl)c(Cl)c1. The highest BCUT2D eigenvalue weighted by Gasteiger charge is 2.12. The second kappa shape index (κ2) is 4.32. The van der Waals surface area contributed by atoms with Crippen molar-refractivity contribution in [1.29, 1.82) is 0 Å². The van der Waals surface area contributed by atoms with E-state index in [1.165, 1.54) is 0 Å². The average Bonchev–Trinajstić information content (AvgIpc) is 2.08. The summed E-state index contributed by atoms with van der Waals surface area (Å²) in [6, 6.07) is 5.19. The molecule has 1 unspecified atom stereocenters. The lowest BCUT2D eigenvalue weighted by Gasteiger charge is -2.15. The minimum atomic E-state index is -0.477. The molecule has 0 aromatic heterocycles. The highest BCUT2D eigenvalue weighted by Crippen LogP contribution is 2.28. The summed E-state index contributed by atoms with van der Waals surface area (Å²) < 4.78 is 0. The summed E-state index contributed by atoms with van der Waals surface area (Å²) in [4.78, 5) is 0. The van der Waals surface area contributed by atoms with Crippen LogP contribution in [0.1, 0.15) is 25.5 Å². The van der Waals surface area contributed by atoms with E-state index in [9.17, 15) is 5.11 Å². The van der Waals surface area contributed by atoms with Crippen molar-refractivity contribution in [2.45, 2.75) is 20.0 Å². The highest BCUT2D eigenvalue weighted by molar-refractivity contribution is 6.42. The number of aliphatic hydroxyl groups excluding tert-OH is 1. The number of hydrogen-bond donors (Lipinski definition) is 1. The van der Waals surface area contributed by atoms with Gasteiger partial charge in [-0.15, -0.1) is 0 Å². The van der Waals surface area contributed by atoms with Gasteiger partial charge in [-0.2, -0.15) is 0 Å². The zero-order valence-corrected chi connectivity index (χ0v) is 9.10. The van der Waals surface area contributed by atoms with Gasteiger partial charge in [0.1, 0.15) is 0 Å². The molecule has 0 heterocycles. The second-order valence-electron chi connectivity index (χ2n) is 3.36. The topological polar surface area (TPSA) is 20.2 Å². The van der Waals surface area contributed by atoms with Crippen molar-refractivity contribution in [3.05, 3.63) is 33.8 Å². The van der Waals surface area contributed by atoms with E-state index in [-0.39, 0.29) is 5.92 Å². The molecule has 0 radical (unpaired) electrons. The lowest BCUT2D eigenvalue weighted by atomic mass is 9.99. The second-order valence-corrected chi connectivity index (χ2v) is 4.18. The molecule has 0 saturated carbocycles. The summed E-state index contributed by atoms with van der Waals surface area (Å²) in [5, 5.41) is 10.7. The van der Waals surface area contributed by atoms with Crippen LogP contribution in [0.5, 0.6) is 0 Å². The summed E-state index contributed by atoms with van der Waals surface area (Å²) in [7, 11) is 0. The van der Waals surface area contributed by atoms with Gasteiger partial charge in [0.2, 0.25) is 0 Å². The first-order chi connectivity index (χ1) is 6.02. The van der Waals surface area contributed by atoms with E-state index in [0.717, 1.165) is 5.56 Å². The molecule has 1 atom stereocenters. The number of hydrogen-bond acceptors (Lipinski definition) is 1. The number of rotatable bonds is 2. The monoisotopic (exact) mass is 218 g/mol. The summed E-state index contributed by atoms with van der Waals surface area (Å²) in [6.45, 7) is 3.90. The van der Waals surface area contributed by atoms with Crippen LogP contribution in [0.15, 0.2) is 18.2 Å². The largest absolute Gasteiger partial charge is 0.388 e. The Labute approximate surface area is 88.3 Å². The third kappa shape index (κ3) is 2.60. The lowest BCUT2D eigenvalue weighted by molar-refractivity contribution is 0.127. The molecule has 1 nitrogen and oxygen atoms in total. The lowest BCUT2D eigenvalue weighted by Crippen LogP contribution is -2.04. The first kappa shape index (κ1) is 10.8. The molecule has 0 fully saturated rings. The molecule has 0 aliphatic rings. The van der Waals surface area contributed by atoms with Gasteiger partial charge in [0.15, 0.2) is 0 Å². The maximum absolute atomic E-state index is 9.71. The zero-order valence-electron chi connectivity index (χ0n) is 7.59. The minimum Gasteiger partial charge on any atom is -0.388 e. The van der Waals surface area contributed by atoms with Crippen LogP contribution < -0.4 is 0 Å². The smallest absolute Gasteiger partial charge is 0.0813 e. The Bertz CT molecular complexity index is 297. The van der Waals surface area contributed by atoms with E-state index >= 15 is 0 Å². The standard InChI is InChI=1S/C10H12Cl2O/c1-6(2)10(13)7-3-4-8(11)9(12)5-7/h3-6,10,13H,1-2H3. The van der Waals surface area contributed by atoms with Crippen molar-refractivity contribution >= 4 is 23.2 Å². The van der Waals surface area contributed by atoms with Crippen LogP contribution in [-0.2, 0) is 0 Å². The van der Waals surface area contributed by atoms with E-state index in [1.54, 1.807) is 18.2 Å². The van der Waals surface area contributed by atoms with Crippen LogP contribution in [0, 0.1) is 5.92 Å². The summed E-state index contributed by atoms with van der Waals surface area (Å²) >= 11 is 11.6. The van der Waals surface area contributed by atoms with Gasteiger partial charge in [-0.05, 0) is 23.6 Å². The Morgan fingerprint density at radius 1 is 1.15 bits per heavy atom. The molecule has 72 valence electrons. The molecule has 13 heavy (non-hydrogen) atoms. The summed E-state index contributed by atoms with van der Waals surface area (Å²) in [6.07, 6.45) is -0.477. The van der Waals surface area contributed by atoms with Gasteiger partial charge < -0.3 is 5.11 Å². The average molecular weight is 219 g/mol. The van der Waals surface area contributed by atoms with E-state index < -0.39 is 6.10 Å². The van der Waals surface area contributed by atoms with Crippen molar-refractivity contribution in [3.8, 4) is 0 Å². The fourth-order valence-corrected chi connectivity index (χ4v) is 1.39. The van der Waals surface area contributed by atoms with Gasteiger partial charge in [0, 0.05) is 0 Å². The van der Waals surface area contributed by atoms with Crippen LogP contribution in [0.3, 0.4) is 0 Å². The molecule has 0 amide bonds. The molecule has 1 rings (SSSR count). The van der Waals surface area contributed by atoms with Gasteiger partial charge in [-0.25, -0.2) is 0 Å². The predicted octanol–water partition coefficient (Wildman–Crippen LogP) is 3.68. The molecule has 0 aliphatic heterocycles. The van der Waals surface area contributed by atoms with Crippen LogP contribution in [-0.4, -0.2) is 5.11 Å². The normalized spacial score (nSPS) is 13.4. The van der Waals surface area contributed by atoms with Gasteiger partial charge in [-0.3, -0.25) is 0 Å². The molecule has 0 aliphatic carbocycles. The summed E-state index contributed by atoms with van der Waals surface area (Å²) in [5.74, 6) is 0.178. The Balaban J connectivity index is 2.97. The number of benzene rings is 1. The maximum atomic E-state index is 9.71. The third-order valence-corrected chi connectivity index (χ3v) is 2.66. The molecule has 1 N–H and O–H groups in total. The van der Waals surface area contributed by atoms with Crippen molar-refractivity contribution in [1.82, 2.24) is 0 Å². The molecular weight excluding hydrogens is 207 g/mol. The molecular formula is C10H12Cl2O. The van der Waals surface area contributed by atoms with E-state index in [2.05, 4.69) is 0 Å². The van der Waals surface area contributed by atoms with E-state index in [0.29, 0.717) is 10.0 Å². The molecule has 3 heteroatoms. The molecule has 0 saturated heterocycles. The Morgan fingerprint density at radius 2 is 1.77 bits per heavy atom. The molecule has 1 aromatic carbocycles. The van der Waals surface area contributed by atoms with E-state index in [4.69, 9.17) is 23.2 Å². The van der Waals surface area contributed by atoms with Crippen LogP contribution in [0.4, 0.5) is 0 Å². The quantitative estimate of drug-likeness (QED) is 0.804. The highest BCUT2D eigenvalue weighted by atomic mass is 35.5. The molecule has 0 spiro atoms. The predicted molar refractivity (Wildman–Crippen MR) is 56.3 cm³/mol. The van der Waals surface area contributed by atoms with Crippen LogP contribution >= 0.6 is 23.2 Å². The Morgan fingerprint density at radius 3 is 2.23 bits per heavy atom. The van der Waals surface area contributed by atoms with Gasteiger partial charge >= 0.3 is 0 Å². The van der Waals surface area contributed by atoms with Gasteiger partial charge in [0.25, 0.3) is 0 Å². The van der Waals surface area contributed by atoms with Crippen molar-refractivity contribution in [2.75, 3.05) is 0 Å². The molecule has 1 aromatic rings. The number of halogens is 2. The Kier molecular flexibility index (Phi) is 3.60. The van der Waals surface area contributed by atoms with Crippen molar-refractivity contribution < 1.29 is 5.11 Å². The maximum Gasteiger partial charge on any atom is 0.0813 e. The first-order valence-electron chi connectivity index (χ1n) is 4.15. The fourth-order valence-electron chi connectivity index (χ4n) is 1.08. The van der Waals surface area contributed by atoms with Crippen LogP contribution in [0.25, 0.3) is 0 Å². The van der Waals surface area contributed by atoms with Crippen LogP contribution in [0.2, 0.25) is 10.0 Å². The Hall–Kier alpha value is -0.240. The summed E-state index contributed by atoms with van der Waals surface area (Å²) in [5.41, 5.74) is 0.810. The number of aliphatic hydroxyl groups is 1.